The Bertz CT molecular complexity index is 301. The highest BCUT2D eigenvalue weighted by Crippen LogP contribution is 2.26. The number of carbonyl (C=O) groups excluding carboxylic acids is 1. The van der Waals surface area contributed by atoms with Gasteiger partial charge in [-0.1, -0.05) is 12.1 Å². The summed E-state index contributed by atoms with van der Waals surface area (Å²) in [5, 5.41) is 0. The molecule has 1 rings (SSSR count). The number of methoxy groups -OCH3 is 1. The third-order valence-electron chi connectivity index (χ3n) is 1.37. The van der Waals surface area contributed by atoms with Crippen LogP contribution in [0, 0.1) is 0 Å². The van der Waals surface area contributed by atoms with Crippen LogP contribution in [-0.4, -0.2) is 13.0 Å². The molecule has 0 spiro atoms. The predicted octanol–water partition coefficient (Wildman–Crippen LogP) is 1.84. The molecule has 0 atom stereocenters. The number of para-hydroxylation sites is 1. The van der Waals surface area contributed by atoms with Gasteiger partial charge in [-0.25, -0.2) is 0 Å². The van der Waals surface area contributed by atoms with Crippen molar-refractivity contribution in [3.05, 3.63) is 24.3 Å². The second kappa shape index (κ2) is 4.77. The highest BCUT2D eigenvalue weighted by Gasteiger charge is 2.02. The first-order valence-electron chi connectivity index (χ1n) is 3.80. The zero-order valence-electron chi connectivity index (χ0n) is 7.53. The van der Waals surface area contributed by atoms with Crippen LogP contribution in [0.2, 0.25) is 0 Å². The third kappa shape index (κ3) is 2.99. The maximum atomic E-state index is 10.6. The average molecular weight is 197 g/mol. The van der Waals surface area contributed by atoms with E-state index < -0.39 is 0 Å². The Kier molecular flexibility index (Phi) is 3.64. The molecule has 13 heavy (non-hydrogen) atoms. The van der Waals surface area contributed by atoms with Crippen LogP contribution in [-0.2, 0) is 4.79 Å². The number of nitrogens with one attached hydrogen (secondary N) is 1. The smallest absolute Gasteiger partial charge is 0.226 e. The van der Waals surface area contributed by atoms with Crippen LogP contribution in [0.15, 0.2) is 29.2 Å². The first-order valence-corrected chi connectivity index (χ1v) is 4.62. The Balaban J connectivity index is 2.69. The van der Waals surface area contributed by atoms with Crippen LogP contribution >= 0.6 is 11.9 Å². The summed E-state index contributed by atoms with van der Waals surface area (Å²) < 4.78 is 7.74. The second-order valence-corrected chi connectivity index (χ2v) is 3.26. The molecule has 0 heterocycles. The van der Waals surface area contributed by atoms with Crippen molar-refractivity contribution in [2.75, 3.05) is 7.11 Å². The van der Waals surface area contributed by atoms with E-state index in [1.165, 1.54) is 18.9 Å². The quantitative estimate of drug-likeness (QED) is 0.751. The summed E-state index contributed by atoms with van der Waals surface area (Å²) in [4.78, 5) is 11.5. The highest BCUT2D eigenvalue weighted by molar-refractivity contribution is 7.98. The van der Waals surface area contributed by atoms with Crippen molar-refractivity contribution in [1.29, 1.82) is 0 Å². The summed E-state index contributed by atoms with van der Waals surface area (Å²) in [6, 6.07) is 7.52. The van der Waals surface area contributed by atoms with Gasteiger partial charge in [-0.2, -0.15) is 0 Å². The van der Waals surface area contributed by atoms with E-state index in [0.717, 1.165) is 10.6 Å². The number of ether oxygens (including phenoxy) is 1. The van der Waals surface area contributed by atoms with Crippen LogP contribution in [0.5, 0.6) is 5.75 Å². The van der Waals surface area contributed by atoms with Crippen LogP contribution < -0.4 is 9.46 Å². The fourth-order valence-electron chi connectivity index (χ4n) is 0.830. The van der Waals surface area contributed by atoms with Crippen molar-refractivity contribution in [2.45, 2.75) is 11.8 Å². The monoisotopic (exact) mass is 197 g/mol. The molecule has 4 heteroatoms. The van der Waals surface area contributed by atoms with E-state index in [0.29, 0.717) is 0 Å². The maximum Gasteiger partial charge on any atom is 0.226 e. The van der Waals surface area contributed by atoms with Crippen LogP contribution in [0.3, 0.4) is 0 Å². The standard InChI is InChI=1S/C9H11NO2S/c1-7(11)10-13-9-6-4-3-5-8(9)12-2/h3-6H,1-2H3,(H,10,11). The van der Waals surface area contributed by atoms with Gasteiger partial charge in [0, 0.05) is 6.92 Å². The van der Waals surface area contributed by atoms with Crippen molar-refractivity contribution in [2.24, 2.45) is 0 Å². The number of hydrogen-bond acceptors (Lipinski definition) is 3. The molecule has 0 saturated heterocycles. The molecule has 0 bridgehead atoms. The molecule has 0 unspecified atom stereocenters. The Morgan fingerprint density at radius 2 is 2.15 bits per heavy atom. The molecule has 0 aliphatic carbocycles. The summed E-state index contributed by atoms with van der Waals surface area (Å²) in [6.45, 7) is 1.47. The lowest BCUT2D eigenvalue weighted by molar-refractivity contribution is -0.117. The van der Waals surface area contributed by atoms with Crippen molar-refractivity contribution < 1.29 is 9.53 Å². The number of benzene rings is 1. The van der Waals surface area contributed by atoms with Gasteiger partial charge < -0.3 is 4.74 Å². The van der Waals surface area contributed by atoms with Gasteiger partial charge in [0.05, 0.1) is 12.0 Å². The molecular weight excluding hydrogens is 186 g/mol. The minimum Gasteiger partial charge on any atom is -0.496 e. The summed E-state index contributed by atoms with van der Waals surface area (Å²) in [7, 11) is 1.60. The Morgan fingerprint density at radius 3 is 2.77 bits per heavy atom. The second-order valence-electron chi connectivity index (χ2n) is 2.41. The average Bonchev–Trinajstić information content (AvgIpc) is 2.15. The highest BCUT2D eigenvalue weighted by atomic mass is 32.2. The van der Waals surface area contributed by atoms with Crippen molar-refractivity contribution >= 4 is 17.9 Å². The molecule has 1 N–H and O–H groups in total. The lowest BCUT2D eigenvalue weighted by Crippen LogP contribution is -2.09. The predicted molar refractivity (Wildman–Crippen MR) is 52.7 cm³/mol. The fraction of sp³-hybridized carbons (Fsp3) is 0.222. The summed E-state index contributed by atoms with van der Waals surface area (Å²) >= 11 is 1.26. The summed E-state index contributed by atoms with van der Waals surface area (Å²) in [5.74, 6) is 0.692. The molecule has 0 saturated carbocycles. The molecule has 0 aromatic heterocycles. The molecule has 3 nitrogen and oxygen atoms in total. The van der Waals surface area contributed by atoms with Gasteiger partial charge in [0.2, 0.25) is 5.91 Å². The molecule has 0 aliphatic rings. The van der Waals surface area contributed by atoms with Gasteiger partial charge in [-0.15, -0.1) is 0 Å². The normalized spacial score (nSPS) is 9.38. The van der Waals surface area contributed by atoms with Crippen molar-refractivity contribution in [3.63, 3.8) is 0 Å². The molecule has 0 radical (unpaired) electrons. The van der Waals surface area contributed by atoms with E-state index in [1.54, 1.807) is 7.11 Å². The van der Waals surface area contributed by atoms with Crippen LogP contribution in [0.4, 0.5) is 0 Å². The molecule has 0 aliphatic heterocycles. The Hall–Kier alpha value is -1.16. The molecule has 0 fully saturated rings. The lowest BCUT2D eigenvalue weighted by atomic mass is 10.3. The number of rotatable bonds is 3. The molecular formula is C9H11NO2S. The minimum atomic E-state index is -0.0732. The molecule has 1 amide bonds. The summed E-state index contributed by atoms with van der Waals surface area (Å²) in [6.07, 6.45) is 0. The van der Waals surface area contributed by atoms with Gasteiger partial charge in [0.25, 0.3) is 0 Å². The topological polar surface area (TPSA) is 38.3 Å². The number of carbonyl (C=O) groups is 1. The van der Waals surface area contributed by atoms with Gasteiger partial charge in [0.1, 0.15) is 5.75 Å². The minimum absolute atomic E-state index is 0.0732. The summed E-state index contributed by atoms with van der Waals surface area (Å²) in [5.41, 5.74) is 0. The molecule has 1 aromatic carbocycles. The maximum absolute atomic E-state index is 10.6. The Labute approximate surface area is 81.6 Å². The Morgan fingerprint density at radius 1 is 1.46 bits per heavy atom. The first-order chi connectivity index (χ1) is 6.24. The number of hydrogen-bond donors (Lipinski definition) is 1. The van der Waals surface area contributed by atoms with E-state index in [9.17, 15) is 4.79 Å². The SMILES string of the molecule is COc1ccccc1SNC(C)=O. The molecule has 1 aromatic rings. The lowest BCUT2D eigenvalue weighted by Gasteiger charge is -2.06. The number of amides is 1. The zero-order valence-corrected chi connectivity index (χ0v) is 8.35. The van der Waals surface area contributed by atoms with Crippen molar-refractivity contribution in [3.8, 4) is 5.75 Å². The molecule has 70 valence electrons. The van der Waals surface area contributed by atoms with Gasteiger partial charge in [-0.05, 0) is 24.1 Å². The van der Waals surface area contributed by atoms with E-state index >= 15 is 0 Å². The first kappa shape index (κ1) is 9.92. The zero-order chi connectivity index (χ0) is 9.68. The van der Waals surface area contributed by atoms with E-state index in [-0.39, 0.29) is 5.91 Å². The van der Waals surface area contributed by atoms with Gasteiger partial charge in [0.15, 0.2) is 0 Å². The van der Waals surface area contributed by atoms with E-state index in [1.807, 2.05) is 24.3 Å². The third-order valence-corrected chi connectivity index (χ3v) is 2.32. The van der Waals surface area contributed by atoms with Crippen LogP contribution in [0.1, 0.15) is 6.92 Å². The fourth-order valence-corrected chi connectivity index (χ4v) is 1.48. The van der Waals surface area contributed by atoms with E-state index in [4.69, 9.17) is 4.74 Å². The van der Waals surface area contributed by atoms with E-state index in [2.05, 4.69) is 4.72 Å². The van der Waals surface area contributed by atoms with Crippen LogP contribution in [0.25, 0.3) is 0 Å². The van der Waals surface area contributed by atoms with Gasteiger partial charge >= 0.3 is 0 Å². The largest absolute Gasteiger partial charge is 0.496 e. The van der Waals surface area contributed by atoms with Crippen molar-refractivity contribution in [1.82, 2.24) is 4.72 Å². The van der Waals surface area contributed by atoms with Gasteiger partial charge in [-0.3, -0.25) is 9.52 Å².